The summed E-state index contributed by atoms with van der Waals surface area (Å²) < 4.78 is 107. The molecule has 0 radical (unpaired) electrons. The number of aromatic nitrogens is 4. The molecule has 7 aromatic rings. The van der Waals surface area contributed by atoms with Gasteiger partial charge in [-0.15, -0.1) is 0 Å². The van der Waals surface area contributed by atoms with Crippen LogP contribution in [0.1, 0.15) is 33.9 Å². The largest absolute Gasteiger partial charge is 0.497 e. The van der Waals surface area contributed by atoms with Crippen molar-refractivity contribution in [1.29, 1.82) is 0 Å². The Labute approximate surface area is 362 Å². The smallest absolute Gasteiger partial charge is 0.426 e. The zero-order valence-corrected chi connectivity index (χ0v) is 34.6. The maximum Gasteiger partial charge on any atom is 0.426 e. The van der Waals surface area contributed by atoms with Crippen molar-refractivity contribution >= 4 is 34.2 Å². The standard InChI is InChI=1S/C50H38F6N4O4/c1-27-9-5-11-29(23-27)41-35-17-18-36(57-35)42(30-12-6-10-28(2)24-30)38-20-22-40(59-38)44(32-14-8-16-34(26-32)64-4)46-48(62,50(54,55)56)47(61,49(51,52)53)45(60-46)43(39-21-19-37(41)58-39)31-13-7-15-33(25-31)63-3/h5-26,58-59,61-62H,1-4H3. The Morgan fingerprint density at radius 3 is 1.16 bits per heavy atom. The van der Waals surface area contributed by atoms with Gasteiger partial charge in [0.15, 0.2) is 0 Å². The zero-order valence-electron chi connectivity index (χ0n) is 34.6. The van der Waals surface area contributed by atoms with E-state index in [9.17, 15) is 10.2 Å². The van der Waals surface area contributed by atoms with Crippen LogP contribution < -0.4 is 9.47 Å². The van der Waals surface area contributed by atoms with Crippen LogP contribution in [0.4, 0.5) is 26.3 Å². The van der Waals surface area contributed by atoms with Gasteiger partial charge >= 0.3 is 12.4 Å². The van der Waals surface area contributed by atoms with Gasteiger partial charge < -0.3 is 29.7 Å². The molecule has 0 saturated carbocycles. The number of hydrogen-bond donors (Lipinski definition) is 4. The zero-order chi connectivity index (χ0) is 45.3. The number of nitrogens with one attached hydrogen (secondary N) is 2. The molecule has 2 unspecified atom stereocenters. The van der Waals surface area contributed by atoms with E-state index in [0.29, 0.717) is 44.7 Å². The normalized spacial score (nSPS) is 17.4. The summed E-state index contributed by atoms with van der Waals surface area (Å²) in [6.45, 7) is 3.79. The van der Waals surface area contributed by atoms with Crippen LogP contribution >= 0.6 is 0 Å². The van der Waals surface area contributed by atoms with Crippen LogP contribution in [0.25, 0.3) is 78.7 Å². The summed E-state index contributed by atoms with van der Waals surface area (Å²) in [5.41, 5.74) is -9.30. The lowest BCUT2D eigenvalue weighted by molar-refractivity contribution is -0.394. The number of aryl methyl sites for hydroxylation is 2. The summed E-state index contributed by atoms with van der Waals surface area (Å²) in [4.78, 5) is 15.7. The third kappa shape index (κ3) is 6.63. The van der Waals surface area contributed by atoms with Crippen LogP contribution in [0.2, 0.25) is 0 Å². The van der Waals surface area contributed by atoms with Crippen molar-refractivity contribution in [1.82, 2.24) is 19.9 Å². The van der Waals surface area contributed by atoms with E-state index in [-0.39, 0.29) is 33.7 Å². The molecule has 8 bridgehead atoms. The number of hydrogen-bond acceptors (Lipinski definition) is 6. The maximum absolute atomic E-state index is 16.1. The van der Waals surface area contributed by atoms with Gasteiger partial charge in [0.05, 0.1) is 37.0 Å². The Kier molecular flexibility index (Phi) is 10.1. The van der Waals surface area contributed by atoms with Crippen molar-refractivity contribution in [3.05, 3.63) is 155 Å². The molecule has 64 heavy (non-hydrogen) atoms. The fraction of sp³-hybridized carbons (Fsp3) is 0.160. The van der Waals surface area contributed by atoms with E-state index < -0.39 is 46.1 Å². The lowest BCUT2D eigenvalue weighted by atomic mass is 9.75. The van der Waals surface area contributed by atoms with Crippen LogP contribution in [0.3, 0.4) is 0 Å². The van der Waals surface area contributed by atoms with Gasteiger partial charge in [-0.2, -0.15) is 26.3 Å². The maximum atomic E-state index is 16.1. The highest BCUT2D eigenvalue weighted by molar-refractivity contribution is 5.98. The molecule has 2 aliphatic rings. The molecule has 4 N–H and O–H groups in total. The van der Waals surface area contributed by atoms with Gasteiger partial charge in [-0.25, -0.2) is 9.97 Å². The summed E-state index contributed by atoms with van der Waals surface area (Å²) in [5.74, 6) is 0.272. The highest BCUT2D eigenvalue weighted by Gasteiger charge is 2.82. The Balaban J connectivity index is 1.61. The number of methoxy groups -OCH3 is 2. The molecule has 0 fully saturated rings. The lowest BCUT2D eigenvalue weighted by Crippen LogP contribution is -2.63. The molecule has 9 rings (SSSR count). The van der Waals surface area contributed by atoms with Gasteiger partial charge in [-0.05, 0) is 96.8 Å². The molecule has 0 amide bonds. The first-order valence-corrected chi connectivity index (χ1v) is 20.0. The topological polar surface area (TPSA) is 116 Å². The van der Waals surface area contributed by atoms with Gasteiger partial charge in [-0.3, -0.25) is 0 Å². The van der Waals surface area contributed by atoms with Gasteiger partial charge in [0, 0.05) is 44.3 Å². The minimum Gasteiger partial charge on any atom is -0.497 e. The van der Waals surface area contributed by atoms with Crippen molar-refractivity contribution in [3.8, 4) is 56.0 Å². The molecule has 324 valence electrons. The molecule has 3 aromatic heterocycles. The van der Waals surface area contributed by atoms with Gasteiger partial charge in [0.2, 0.25) is 11.2 Å². The summed E-state index contributed by atoms with van der Waals surface area (Å²) in [7, 11) is 2.63. The fourth-order valence-corrected chi connectivity index (χ4v) is 8.66. The second-order valence-corrected chi connectivity index (χ2v) is 15.7. The molecule has 5 heterocycles. The molecular weight excluding hydrogens is 835 g/mol. The summed E-state index contributed by atoms with van der Waals surface area (Å²) in [6.07, 6.45) is -8.78. The minimum atomic E-state index is -6.21. The number of aromatic amines is 2. The van der Waals surface area contributed by atoms with Crippen molar-refractivity contribution < 1.29 is 46.0 Å². The number of benzene rings is 4. The number of fused-ring (bicyclic) bond motifs is 8. The molecule has 8 nitrogen and oxygen atoms in total. The van der Waals surface area contributed by atoms with Crippen LogP contribution in [-0.2, 0) is 11.2 Å². The molecular formula is C50H38F6N4O4. The average Bonchev–Trinajstić information content (AvgIpc) is 4.08. The van der Waals surface area contributed by atoms with Gasteiger partial charge in [0.25, 0.3) is 0 Å². The number of alkyl halides is 6. The monoisotopic (exact) mass is 872 g/mol. The predicted octanol–water partition coefficient (Wildman–Crippen LogP) is 12.0. The number of H-pyrrole nitrogens is 2. The Morgan fingerprint density at radius 2 is 0.812 bits per heavy atom. The third-order valence-corrected chi connectivity index (χ3v) is 11.7. The van der Waals surface area contributed by atoms with Crippen molar-refractivity contribution in [2.75, 3.05) is 14.2 Å². The number of aliphatic hydroxyl groups is 2. The first-order chi connectivity index (χ1) is 30.5. The summed E-state index contributed by atoms with van der Waals surface area (Å²) in [5, 5.41) is 24.6. The van der Waals surface area contributed by atoms with E-state index >= 15 is 26.3 Å². The highest BCUT2D eigenvalue weighted by Crippen LogP contribution is 2.63. The molecule has 0 saturated heterocycles. The summed E-state index contributed by atoms with van der Waals surface area (Å²) >= 11 is 0. The Bertz CT molecular complexity index is 3000. The third-order valence-electron chi connectivity index (χ3n) is 11.7. The second kappa shape index (κ2) is 15.3. The second-order valence-electron chi connectivity index (χ2n) is 15.7. The predicted molar refractivity (Wildman–Crippen MR) is 234 cm³/mol. The van der Waals surface area contributed by atoms with Crippen molar-refractivity contribution in [3.63, 3.8) is 0 Å². The number of nitrogens with zero attached hydrogens (tertiary/aromatic N) is 2. The quantitative estimate of drug-likeness (QED) is 0.124. The van der Waals surface area contributed by atoms with Gasteiger partial charge in [0.1, 0.15) is 11.5 Å². The lowest BCUT2D eigenvalue weighted by Gasteiger charge is -2.40. The molecule has 2 atom stereocenters. The number of halogens is 6. The van der Waals surface area contributed by atoms with Crippen LogP contribution in [-0.4, -0.2) is 56.7 Å². The van der Waals surface area contributed by atoms with Crippen molar-refractivity contribution in [2.45, 2.75) is 37.4 Å². The molecule has 0 spiro atoms. The average molecular weight is 873 g/mol. The minimum absolute atomic E-state index is 0.116. The Morgan fingerprint density at radius 1 is 0.469 bits per heavy atom. The molecule has 0 aliphatic carbocycles. The molecule has 2 aliphatic heterocycles. The molecule has 4 aromatic carbocycles. The van der Waals surface area contributed by atoms with Gasteiger partial charge in [-0.1, -0.05) is 83.9 Å². The van der Waals surface area contributed by atoms with Crippen LogP contribution in [0.5, 0.6) is 11.5 Å². The van der Waals surface area contributed by atoms with E-state index in [1.54, 1.807) is 12.1 Å². The molecule has 14 heteroatoms. The number of ether oxygens (including phenoxy) is 2. The fourth-order valence-electron chi connectivity index (χ4n) is 8.66. The van der Waals surface area contributed by atoms with Crippen molar-refractivity contribution in [2.24, 2.45) is 0 Å². The van der Waals surface area contributed by atoms with E-state index in [2.05, 4.69) is 15.0 Å². The SMILES string of the molecule is COc1cccc(-c2c3nc(c(-c4cccc(OC)c4)c4ccc([nH]4)c(-c4cccc(C)c4)c4nc(c(-c5cccc(C)c5)c5ccc2[nH]5)C=C4)C(O)(C(F)(F)F)C3(O)C(F)(F)F)c1. The van der Waals surface area contributed by atoms with E-state index in [1.165, 1.54) is 74.9 Å². The van der Waals surface area contributed by atoms with Crippen LogP contribution in [0.15, 0.2) is 121 Å². The van der Waals surface area contributed by atoms with E-state index in [1.807, 2.05) is 74.5 Å². The van der Waals surface area contributed by atoms with Crippen LogP contribution in [0, 0.1) is 13.8 Å². The van der Waals surface area contributed by atoms with E-state index in [4.69, 9.17) is 14.5 Å². The van der Waals surface area contributed by atoms with E-state index in [0.717, 1.165) is 11.1 Å². The highest BCUT2D eigenvalue weighted by atomic mass is 19.4. The Hall–Kier alpha value is -7.16. The first-order valence-electron chi connectivity index (χ1n) is 20.0. The number of rotatable bonds is 6. The summed E-state index contributed by atoms with van der Waals surface area (Å²) in [6, 6.07) is 32.1. The first kappa shape index (κ1) is 42.2.